The average Bonchev–Trinajstić information content (AvgIpc) is 2.90. The van der Waals surface area contributed by atoms with Crippen LogP contribution in [0, 0.1) is 6.92 Å². The van der Waals surface area contributed by atoms with Gasteiger partial charge in [-0.3, -0.25) is 4.90 Å². The Hall–Kier alpha value is -0.470. The molecule has 0 bridgehead atoms. The molecule has 1 aliphatic heterocycles. The van der Waals surface area contributed by atoms with Gasteiger partial charge in [0.05, 0.1) is 11.9 Å². The highest BCUT2D eigenvalue weighted by molar-refractivity contribution is 7.89. The van der Waals surface area contributed by atoms with Crippen molar-refractivity contribution in [3.8, 4) is 0 Å². The number of hydrogen-bond acceptors (Lipinski definition) is 5. The zero-order valence-corrected chi connectivity index (χ0v) is 15.3. The van der Waals surface area contributed by atoms with Crippen molar-refractivity contribution in [1.29, 1.82) is 0 Å². The van der Waals surface area contributed by atoms with Gasteiger partial charge in [0.25, 0.3) is 0 Å². The largest absolute Gasteiger partial charge is 0.383 e. The van der Waals surface area contributed by atoms with Crippen molar-refractivity contribution < 1.29 is 13.2 Å². The highest BCUT2D eigenvalue weighted by Gasteiger charge is 2.33. The lowest BCUT2D eigenvalue weighted by Gasteiger charge is -2.34. The van der Waals surface area contributed by atoms with E-state index in [0.29, 0.717) is 19.7 Å². The number of aryl methyl sites for hydroxylation is 1. The molecule has 0 spiro atoms. The fourth-order valence-electron chi connectivity index (χ4n) is 2.77. The van der Waals surface area contributed by atoms with Crippen LogP contribution in [0.2, 0.25) is 0 Å². The van der Waals surface area contributed by atoms with Gasteiger partial charge in [0.1, 0.15) is 0 Å². The molecule has 1 fully saturated rings. The zero-order chi connectivity index (χ0) is 16.2. The van der Waals surface area contributed by atoms with Gasteiger partial charge >= 0.3 is 0 Å². The normalized spacial score (nSPS) is 20.6. The molecule has 0 aliphatic carbocycles. The van der Waals surface area contributed by atoms with Crippen molar-refractivity contribution in [2.24, 2.45) is 0 Å². The van der Waals surface area contributed by atoms with Gasteiger partial charge in [-0.05, 0) is 43.3 Å². The molecule has 0 radical (unpaired) electrons. The molecule has 0 aromatic carbocycles. The predicted octanol–water partition coefficient (Wildman–Crippen LogP) is 1.93. The van der Waals surface area contributed by atoms with E-state index in [4.69, 9.17) is 4.74 Å². The van der Waals surface area contributed by atoms with Crippen molar-refractivity contribution in [1.82, 2.24) is 9.21 Å². The Kier molecular flexibility index (Phi) is 6.40. The molecule has 22 heavy (non-hydrogen) atoms. The number of ether oxygens (including phenoxy) is 1. The standard InChI is InChI=1S/C15H26N2O3S2/c1-13-6-10-21-15(13)12-17-7-4-5-14(11-17)22(18,19)16(2)8-9-20-3/h6,10,14H,4-5,7-9,11-12H2,1-3H3/t14-/m1/s1. The van der Waals surface area contributed by atoms with Gasteiger partial charge in [-0.25, -0.2) is 12.7 Å². The highest BCUT2D eigenvalue weighted by Crippen LogP contribution is 2.24. The first-order valence-corrected chi connectivity index (χ1v) is 10.0. The Labute approximate surface area is 137 Å². The van der Waals surface area contributed by atoms with E-state index >= 15 is 0 Å². The van der Waals surface area contributed by atoms with Gasteiger partial charge in [-0.15, -0.1) is 11.3 Å². The Bertz CT molecular complexity index is 571. The van der Waals surface area contributed by atoms with E-state index in [-0.39, 0.29) is 5.25 Å². The van der Waals surface area contributed by atoms with Crippen molar-refractivity contribution in [2.75, 3.05) is 40.4 Å². The third-order valence-electron chi connectivity index (χ3n) is 4.26. The molecule has 2 rings (SSSR count). The van der Waals surface area contributed by atoms with Crippen LogP contribution >= 0.6 is 11.3 Å². The third kappa shape index (κ3) is 4.29. The van der Waals surface area contributed by atoms with Crippen molar-refractivity contribution in [3.05, 3.63) is 21.9 Å². The number of likely N-dealkylation sites (tertiary alicyclic amines) is 1. The summed E-state index contributed by atoms with van der Waals surface area (Å²) >= 11 is 1.75. The van der Waals surface area contributed by atoms with E-state index in [2.05, 4.69) is 23.3 Å². The average molecular weight is 347 g/mol. The summed E-state index contributed by atoms with van der Waals surface area (Å²) in [5, 5.41) is 1.80. The summed E-state index contributed by atoms with van der Waals surface area (Å²) in [5.41, 5.74) is 1.30. The van der Waals surface area contributed by atoms with Crippen LogP contribution in [0.25, 0.3) is 0 Å². The Balaban J connectivity index is 1.99. The van der Waals surface area contributed by atoms with Crippen LogP contribution in [0.15, 0.2) is 11.4 Å². The smallest absolute Gasteiger partial charge is 0.218 e. The van der Waals surface area contributed by atoms with E-state index in [0.717, 1.165) is 25.9 Å². The number of methoxy groups -OCH3 is 1. The quantitative estimate of drug-likeness (QED) is 0.757. The number of piperidine rings is 1. The van der Waals surface area contributed by atoms with Gasteiger partial charge in [0.15, 0.2) is 0 Å². The van der Waals surface area contributed by atoms with Crippen LogP contribution in [-0.2, 0) is 21.3 Å². The molecule has 1 atom stereocenters. The first-order valence-electron chi connectivity index (χ1n) is 7.64. The lowest BCUT2D eigenvalue weighted by molar-refractivity contribution is 0.182. The molecule has 2 heterocycles. The summed E-state index contributed by atoms with van der Waals surface area (Å²) in [4.78, 5) is 3.61. The summed E-state index contributed by atoms with van der Waals surface area (Å²) in [6.07, 6.45) is 1.69. The van der Waals surface area contributed by atoms with Crippen LogP contribution in [0.3, 0.4) is 0 Å². The number of sulfonamides is 1. The van der Waals surface area contributed by atoms with Crippen LogP contribution in [0.1, 0.15) is 23.3 Å². The molecule has 0 unspecified atom stereocenters. The molecule has 1 aromatic rings. The maximum absolute atomic E-state index is 12.7. The topological polar surface area (TPSA) is 49.9 Å². The second kappa shape index (κ2) is 7.88. The summed E-state index contributed by atoms with van der Waals surface area (Å²) in [6.45, 7) is 5.42. The molecule has 126 valence electrons. The number of thiophene rings is 1. The summed E-state index contributed by atoms with van der Waals surface area (Å²) in [7, 11) is -0.00219. The van der Waals surface area contributed by atoms with Crippen LogP contribution in [-0.4, -0.2) is 63.3 Å². The fourth-order valence-corrected chi connectivity index (χ4v) is 5.42. The van der Waals surface area contributed by atoms with E-state index in [1.165, 1.54) is 14.7 Å². The Morgan fingerprint density at radius 1 is 1.50 bits per heavy atom. The van der Waals surface area contributed by atoms with E-state index in [9.17, 15) is 8.42 Å². The first-order chi connectivity index (χ1) is 10.4. The zero-order valence-electron chi connectivity index (χ0n) is 13.6. The fraction of sp³-hybridized carbons (Fsp3) is 0.733. The third-order valence-corrected chi connectivity index (χ3v) is 7.55. The van der Waals surface area contributed by atoms with Crippen LogP contribution < -0.4 is 0 Å². The maximum atomic E-state index is 12.7. The molecule has 1 aliphatic rings. The molecule has 1 aromatic heterocycles. The first kappa shape index (κ1) is 17.9. The van der Waals surface area contributed by atoms with Gasteiger partial charge < -0.3 is 4.74 Å². The van der Waals surface area contributed by atoms with Crippen molar-refractivity contribution in [3.63, 3.8) is 0 Å². The number of nitrogens with zero attached hydrogens (tertiary/aromatic N) is 2. The van der Waals surface area contributed by atoms with Crippen molar-refractivity contribution >= 4 is 21.4 Å². The van der Waals surface area contributed by atoms with E-state index in [1.54, 1.807) is 25.5 Å². The van der Waals surface area contributed by atoms with Crippen LogP contribution in [0.5, 0.6) is 0 Å². The monoisotopic (exact) mass is 346 g/mol. The molecule has 0 N–H and O–H groups in total. The summed E-state index contributed by atoms with van der Waals surface area (Å²) in [6, 6.07) is 2.12. The van der Waals surface area contributed by atoms with Gasteiger partial charge in [0, 0.05) is 38.7 Å². The maximum Gasteiger partial charge on any atom is 0.218 e. The Morgan fingerprint density at radius 3 is 2.91 bits per heavy atom. The molecule has 7 heteroatoms. The second-order valence-electron chi connectivity index (χ2n) is 5.89. The molecule has 0 amide bonds. The molecule has 5 nitrogen and oxygen atoms in total. The lowest BCUT2D eigenvalue weighted by Crippen LogP contribution is -2.47. The minimum atomic E-state index is -3.24. The van der Waals surface area contributed by atoms with Gasteiger partial charge in [-0.2, -0.15) is 0 Å². The summed E-state index contributed by atoms with van der Waals surface area (Å²) < 4.78 is 31.7. The minimum absolute atomic E-state index is 0.302. The number of likely N-dealkylation sites (N-methyl/N-ethyl adjacent to an activating group) is 1. The van der Waals surface area contributed by atoms with Crippen LogP contribution in [0.4, 0.5) is 0 Å². The van der Waals surface area contributed by atoms with Crippen molar-refractivity contribution in [2.45, 2.75) is 31.6 Å². The lowest BCUT2D eigenvalue weighted by atomic mass is 10.1. The Morgan fingerprint density at radius 2 is 2.27 bits per heavy atom. The number of rotatable bonds is 7. The molecule has 1 saturated heterocycles. The summed E-state index contributed by atoms with van der Waals surface area (Å²) in [5.74, 6) is 0. The van der Waals surface area contributed by atoms with Gasteiger partial charge in [-0.1, -0.05) is 0 Å². The highest BCUT2D eigenvalue weighted by atomic mass is 32.2. The minimum Gasteiger partial charge on any atom is -0.383 e. The number of hydrogen-bond donors (Lipinski definition) is 0. The predicted molar refractivity (Wildman–Crippen MR) is 90.8 cm³/mol. The van der Waals surface area contributed by atoms with E-state index in [1.807, 2.05) is 0 Å². The molecular formula is C15H26N2O3S2. The second-order valence-corrected chi connectivity index (χ2v) is 9.21. The molecular weight excluding hydrogens is 320 g/mol. The SMILES string of the molecule is COCCN(C)S(=O)(=O)[C@@H]1CCCN(Cc2sccc2C)C1. The van der Waals surface area contributed by atoms with Gasteiger partial charge in [0.2, 0.25) is 10.0 Å². The van der Waals surface area contributed by atoms with E-state index < -0.39 is 10.0 Å². The molecule has 0 saturated carbocycles.